The second-order valence-corrected chi connectivity index (χ2v) is 5.66. The average Bonchev–Trinajstić information content (AvgIpc) is 2.59. The number of anilines is 1. The normalized spacial score (nSPS) is 10.2. The van der Waals surface area contributed by atoms with Gasteiger partial charge in [-0.25, -0.2) is 0 Å². The molecule has 2 aromatic carbocycles. The van der Waals surface area contributed by atoms with Crippen molar-refractivity contribution in [2.24, 2.45) is 0 Å². The molecule has 0 aromatic heterocycles. The Balaban J connectivity index is 2.00. The van der Waals surface area contributed by atoms with E-state index >= 15 is 0 Å². The van der Waals surface area contributed by atoms with E-state index in [0.717, 1.165) is 5.56 Å². The minimum atomic E-state index is -0.902. The summed E-state index contributed by atoms with van der Waals surface area (Å²) in [5.41, 5.74) is 1.39. The Morgan fingerprint density at radius 1 is 1.16 bits per heavy atom. The number of rotatable bonds is 5. The molecule has 0 bridgehead atoms. The summed E-state index contributed by atoms with van der Waals surface area (Å²) < 4.78 is 0. The van der Waals surface area contributed by atoms with E-state index < -0.39 is 16.7 Å². The van der Waals surface area contributed by atoms with E-state index in [2.05, 4.69) is 10.6 Å². The van der Waals surface area contributed by atoms with E-state index in [9.17, 15) is 19.7 Å². The van der Waals surface area contributed by atoms with Crippen molar-refractivity contribution in [3.05, 3.63) is 68.7 Å². The van der Waals surface area contributed by atoms with Gasteiger partial charge in [-0.3, -0.25) is 19.7 Å². The third-order valence-corrected chi connectivity index (χ3v) is 3.70. The molecule has 2 N–H and O–H groups in total. The summed E-state index contributed by atoms with van der Waals surface area (Å²) in [5, 5.41) is 16.4. The van der Waals surface area contributed by atoms with Gasteiger partial charge in [0.05, 0.1) is 4.92 Å². The van der Waals surface area contributed by atoms with Crippen LogP contribution >= 0.6 is 11.6 Å². The molecule has 130 valence electrons. The van der Waals surface area contributed by atoms with Crippen LogP contribution in [0.25, 0.3) is 0 Å². The number of nitrogens with one attached hydrogen (secondary N) is 2. The fourth-order valence-corrected chi connectivity index (χ4v) is 2.42. The maximum atomic E-state index is 11.9. The average molecular weight is 362 g/mol. The number of amides is 2. The van der Waals surface area contributed by atoms with Gasteiger partial charge in [0.25, 0.3) is 5.69 Å². The monoisotopic (exact) mass is 361 g/mol. The van der Waals surface area contributed by atoms with Crippen molar-refractivity contribution in [2.75, 3.05) is 5.32 Å². The van der Waals surface area contributed by atoms with Gasteiger partial charge in [0, 0.05) is 28.9 Å². The summed E-state index contributed by atoms with van der Waals surface area (Å²) >= 11 is 5.85. The van der Waals surface area contributed by atoms with Gasteiger partial charge in [-0.05, 0) is 30.2 Å². The predicted molar refractivity (Wildman–Crippen MR) is 94.4 cm³/mol. The van der Waals surface area contributed by atoms with Crippen LogP contribution in [0, 0.1) is 10.1 Å². The number of carbonyl (C=O) groups excluding carboxylic acids is 2. The van der Waals surface area contributed by atoms with Gasteiger partial charge in [0.1, 0.15) is 0 Å². The van der Waals surface area contributed by atoms with Crippen molar-refractivity contribution in [2.45, 2.75) is 19.9 Å². The van der Waals surface area contributed by atoms with Gasteiger partial charge in [0.2, 0.25) is 0 Å². The third-order valence-electron chi connectivity index (χ3n) is 3.47. The zero-order valence-electron chi connectivity index (χ0n) is 13.4. The van der Waals surface area contributed by atoms with Gasteiger partial charge < -0.3 is 10.6 Å². The standard InChI is InChI=1S/C17H16ClN3O4/c1-2-12-6-7-14(9-15(12)21(24)25)20-17(23)16(22)19-10-11-4-3-5-13(18)8-11/h3-9H,2,10H2,1H3,(H,19,22)(H,20,23). The van der Waals surface area contributed by atoms with E-state index in [4.69, 9.17) is 11.6 Å². The first-order valence-corrected chi connectivity index (χ1v) is 7.89. The molecule has 0 saturated heterocycles. The lowest BCUT2D eigenvalue weighted by molar-refractivity contribution is -0.385. The van der Waals surface area contributed by atoms with Crippen LogP contribution in [0.5, 0.6) is 0 Å². The summed E-state index contributed by atoms with van der Waals surface area (Å²) in [4.78, 5) is 34.3. The summed E-state index contributed by atoms with van der Waals surface area (Å²) in [6.45, 7) is 1.94. The van der Waals surface area contributed by atoms with Crippen molar-refractivity contribution < 1.29 is 14.5 Å². The summed E-state index contributed by atoms with van der Waals surface area (Å²) in [7, 11) is 0. The topological polar surface area (TPSA) is 101 Å². The van der Waals surface area contributed by atoms with Crippen LogP contribution in [0.15, 0.2) is 42.5 Å². The maximum Gasteiger partial charge on any atom is 0.313 e. The second kappa shape index (κ2) is 8.25. The molecule has 0 atom stereocenters. The number of benzene rings is 2. The number of carbonyl (C=O) groups is 2. The number of nitro benzene ring substituents is 1. The van der Waals surface area contributed by atoms with Crippen LogP contribution in [-0.2, 0) is 22.6 Å². The van der Waals surface area contributed by atoms with E-state index in [1.54, 1.807) is 37.3 Å². The Labute approximate surface area is 149 Å². The highest BCUT2D eigenvalue weighted by atomic mass is 35.5. The molecule has 25 heavy (non-hydrogen) atoms. The molecule has 0 fully saturated rings. The Bertz CT molecular complexity index is 823. The highest BCUT2D eigenvalue weighted by Gasteiger charge is 2.17. The summed E-state index contributed by atoms with van der Waals surface area (Å²) in [6, 6.07) is 11.2. The zero-order chi connectivity index (χ0) is 18.4. The molecule has 0 spiro atoms. The maximum absolute atomic E-state index is 11.9. The molecular formula is C17H16ClN3O4. The molecule has 7 nitrogen and oxygen atoms in total. The number of nitrogens with zero attached hydrogens (tertiary/aromatic N) is 1. The summed E-state index contributed by atoms with van der Waals surface area (Å²) in [5.74, 6) is -1.75. The van der Waals surface area contributed by atoms with Crippen LogP contribution in [0.3, 0.4) is 0 Å². The van der Waals surface area contributed by atoms with Crippen molar-refractivity contribution >= 4 is 34.8 Å². The molecule has 0 aliphatic carbocycles. The minimum absolute atomic E-state index is 0.0976. The van der Waals surface area contributed by atoms with Crippen LogP contribution in [0.1, 0.15) is 18.1 Å². The molecule has 2 amide bonds. The lowest BCUT2D eigenvalue weighted by Gasteiger charge is -2.08. The molecule has 2 aromatic rings. The quantitative estimate of drug-likeness (QED) is 0.485. The Morgan fingerprint density at radius 2 is 1.92 bits per heavy atom. The highest BCUT2D eigenvalue weighted by Crippen LogP contribution is 2.23. The summed E-state index contributed by atoms with van der Waals surface area (Å²) in [6.07, 6.45) is 0.491. The first-order chi connectivity index (χ1) is 11.9. The molecule has 8 heteroatoms. The van der Waals surface area contributed by atoms with E-state index in [1.807, 2.05) is 0 Å². The molecule has 0 aliphatic rings. The molecule has 2 rings (SSSR count). The van der Waals surface area contributed by atoms with Crippen LogP contribution in [-0.4, -0.2) is 16.7 Å². The Hall–Kier alpha value is -2.93. The first kappa shape index (κ1) is 18.4. The Morgan fingerprint density at radius 3 is 2.56 bits per heavy atom. The molecule has 0 aliphatic heterocycles. The fraction of sp³-hybridized carbons (Fsp3) is 0.176. The van der Waals surface area contributed by atoms with Crippen molar-refractivity contribution in [1.82, 2.24) is 5.32 Å². The van der Waals surface area contributed by atoms with Gasteiger partial charge >= 0.3 is 11.8 Å². The first-order valence-electron chi connectivity index (χ1n) is 7.51. The predicted octanol–water partition coefficient (Wildman–Crippen LogP) is 3.07. The lowest BCUT2D eigenvalue weighted by atomic mass is 10.1. The van der Waals surface area contributed by atoms with Gasteiger partial charge in [-0.2, -0.15) is 0 Å². The lowest BCUT2D eigenvalue weighted by Crippen LogP contribution is -2.34. The van der Waals surface area contributed by atoms with E-state index in [-0.39, 0.29) is 17.9 Å². The second-order valence-electron chi connectivity index (χ2n) is 5.22. The minimum Gasteiger partial charge on any atom is -0.344 e. The zero-order valence-corrected chi connectivity index (χ0v) is 14.2. The van der Waals surface area contributed by atoms with Crippen LogP contribution < -0.4 is 10.6 Å². The molecule has 0 saturated carbocycles. The number of nitro groups is 1. The van der Waals surface area contributed by atoms with E-state index in [1.165, 1.54) is 12.1 Å². The molecule has 0 heterocycles. The van der Waals surface area contributed by atoms with Crippen LogP contribution in [0.2, 0.25) is 5.02 Å². The number of hydrogen-bond acceptors (Lipinski definition) is 4. The largest absolute Gasteiger partial charge is 0.344 e. The number of halogens is 1. The van der Waals surface area contributed by atoms with Crippen molar-refractivity contribution in [3.8, 4) is 0 Å². The highest BCUT2D eigenvalue weighted by molar-refractivity contribution is 6.39. The fourth-order valence-electron chi connectivity index (χ4n) is 2.21. The SMILES string of the molecule is CCc1ccc(NC(=O)C(=O)NCc2cccc(Cl)c2)cc1[N+](=O)[O-]. The molecule has 0 unspecified atom stereocenters. The van der Waals surface area contributed by atoms with Crippen molar-refractivity contribution in [3.63, 3.8) is 0 Å². The molecule has 0 radical (unpaired) electrons. The molecular weight excluding hydrogens is 346 g/mol. The van der Waals surface area contributed by atoms with Gasteiger partial charge in [-0.15, -0.1) is 0 Å². The van der Waals surface area contributed by atoms with Gasteiger partial charge in [-0.1, -0.05) is 36.7 Å². The smallest absolute Gasteiger partial charge is 0.313 e. The van der Waals surface area contributed by atoms with Gasteiger partial charge in [0.15, 0.2) is 0 Å². The third kappa shape index (κ3) is 5.02. The Kier molecular flexibility index (Phi) is 6.08. The van der Waals surface area contributed by atoms with E-state index in [0.29, 0.717) is 17.0 Å². The number of hydrogen-bond donors (Lipinski definition) is 2. The number of aryl methyl sites for hydroxylation is 1. The van der Waals surface area contributed by atoms with Crippen molar-refractivity contribution in [1.29, 1.82) is 0 Å². The van der Waals surface area contributed by atoms with Crippen LogP contribution in [0.4, 0.5) is 11.4 Å².